The molecule has 0 aliphatic heterocycles. The Morgan fingerprint density at radius 3 is 1.85 bits per heavy atom. The number of nitrogens with one attached hydrogen (secondary N) is 3. The number of carbonyl (C=O) groups is 5. The number of rotatable bonds is 18. The van der Waals surface area contributed by atoms with Gasteiger partial charge in [0.25, 0.3) is 0 Å². The number of aliphatic carboxylic acids is 1. The molecule has 12 nitrogen and oxygen atoms in total. The van der Waals surface area contributed by atoms with Crippen LogP contribution in [0.25, 0.3) is 0 Å². The van der Waals surface area contributed by atoms with Crippen molar-refractivity contribution in [1.29, 1.82) is 0 Å². The van der Waals surface area contributed by atoms with Gasteiger partial charge in [-0.2, -0.15) is 11.8 Å². The predicted octanol–water partition coefficient (Wildman–Crippen LogP) is -1.34. The minimum atomic E-state index is -1.22. The molecule has 0 fully saturated rings. The van der Waals surface area contributed by atoms with Crippen LogP contribution in [-0.4, -0.2) is 77.4 Å². The third-order valence-corrected chi connectivity index (χ3v) is 5.78. The number of unbranched alkanes of at least 4 members (excludes halogenated alkanes) is 1. The summed E-state index contributed by atoms with van der Waals surface area (Å²) in [5.41, 5.74) is 16.5. The third-order valence-electron chi connectivity index (χ3n) is 5.14. The van der Waals surface area contributed by atoms with E-state index in [4.69, 9.17) is 17.2 Å². The summed E-state index contributed by atoms with van der Waals surface area (Å²) in [4.78, 5) is 61.0. The molecule has 10 N–H and O–H groups in total. The zero-order valence-corrected chi connectivity index (χ0v) is 21.0. The highest BCUT2D eigenvalue weighted by Crippen LogP contribution is 2.07. The summed E-state index contributed by atoms with van der Waals surface area (Å²) in [7, 11) is 0. The van der Waals surface area contributed by atoms with Crippen LogP contribution in [0.1, 0.15) is 52.4 Å². The largest absolute Gasteiger partial charge is 0.480 e. The van der Waals surface area contributed by atoms with Gasteiger partial charge in [-0.1, -0.05) is 13.8 Å². The minimum absolute atomic E-state index is 0.128. The Morgan fingerprint density at radius 1 is 0.853 bits per heavy atom. The summed E-state index contributed by atoms with van der Waals surface area (Å²) in [6, 6.07) is -4.18. The van der Waals surface area contributed by atoms with Crippen molar-refractivity contribution >= 4 is 41.4 Å². The Bertz CT molecular complexity index is 693. The number of hydrogen-bond donors (Lipinski definition) is 7. The fourth-order valence-corrected chi connectivity index (χ4v) is 3.40. The summed E-state index contributed by atoms with van der Waals surface area (Å²) < 4.78 is 0. The van der Waals surface area contributed by atoms with E-state index in [-0.39, 0.29) is 31.6 Å². The first-order valence-electron chi connectivity index (χ1n) is 11.3. The van der Waals surface area contributed by atoms with Crippen LogP contribution in [0.3, 0.4) is 0 Å². The smallest absolute Gasteiger partial charge is 0.326 e. The second kappa shape index (κ2) is 17.1. The van der Waals surface area contributed by atoms with Crippen LogP contribution >= 0.6 is 11.8 Å². The second-order valence-electron chi connectivity index (χ2n) is 8.36. The van der Waals surface area contributed by atoms with Crippen LogP contribution < -0.4 is 33.2 Å². The average Bonchev–Trinajstić information content (AvgIpc) is 2.77. The van der Waals surface area contributed by atoms with Gasteiger partial charge in [0, 0.05) is 6.42 Å². The molecule has 4 unspecified atom stereocenters. The monoisotopic (exact) mass is 504 g/mol. The summed E-state index contributed by atoms with van der Waals surface area (Å²) in [5.74, 6) is -3.40. The molecule has 0 saturated carbocycles. The van der Waals surface area contributed by atoms with Crippen molar-refractivity contribution in [2.75, 3.05) is 18.6 Å². The lowest BCUT2D eigenvalue weighted by molar-refractivity contribution is -0.142. The first-order valence-corrected chi connectivity index (χ1v) is 12.7. The molecule has 0 rings (SSSR count). The fourth-order valence-electron chi connectivity index (χ4n) is 2.93. The molecule has 34 heavy (non-hydrogen) atoms. The summed E-state index contributed by atoms with van der Waals surface area (Å²) in [5, 5.41) is 17.0. The van der Waals surface area contributed by atoms with E-state index < -0.39 is 53.8 Å². The lowest BCUT2D eigenvalue weighted by Gasteiger charge is -2.25. The normalized spacial score (nSPS) is 14.5. The van der Waals surface area contributed by atoms with Crippen LogP contribution in [0.5, 0.6) is 0 Å². The highest BCUT2D eigenvalue weighted by atomic mass is 32.2. The van der Waals surface area contributed by atoms with Crippen molar-refractivity contribution in [1.82, 2.24) is 16.0 Å². The number of carbonyl (C=O) groups excluding carboxylic acids is 4. The Balaban J connectivity index is 5.49. The summed E-state index contributed by atoms with van der Waals surface area (Å²) in [6.07, 6.45) is 3.04. The Morgan fingerprint density at radius 2 is 1.38 bits per heavy atom. The lowest BCUT2D eigenvalue weighted by Crippen LogP contribution is -2.57. The van der Waals surface area contributed by atoms with Crippen LogP contribution in [0.2, 0.25) is 0 Å². The molecule has 4 amide bonds. The zero-order valence-electron chi connectivity index (χ0n) is 20.2. The predicted molar refractivity (Wildman–Crippen MR) is 131 cm³/mol. The van der Waals surface area contributed by atoms with E-state index in [2.05, 4.69) is 16.0 Å². The van der Waals surface area contributed by atoms with Gasteiger partial charge in [-0.25, -0.2) is 4.79 Å². The topological polar surface area (TPSA) is 220 Å². The van der Waals surface area contributed by atoms with E-state index in [1.165, 1.54) is 11.8 Å². The van der Waals surface area contributed by atoms with Crippen LogP contribution in [0.4, 0.5) is 0 Å². The van der Waals surface area contributed by atoms with Gasteiger partial charge >= 0.3 is 5.97 Å². The van der Waals surface area contributed by atoms with Crippen LogP contribution in [0.15, 0.2) is 0 Å². The maximum absolute atomic E-state index is 13.0. The van der Waals surface area contributed by atoms with Crippen molar-refractivity contribution in [3.63, 3.8) is 0 Å². The number of primary amides is 1. The molecular weight excluding hydrogens is 464 g/mol. The molecule has 4 atom stereocenters. The second-order valence-corrected chi connectivity index (χ2v) is 9.35. The molecule has 0 aliphatic rings. The lowest BCUT2D eigenvalue weighted by atomic mass is 10.0. The summed E-state index contributed by atoms with van der Waals surface area (Å²) in [6.45, 7) is 3.94. The van der Waals surface area contributed by atoms with Crippen LogP contribution in [0, 0.1) is 5.92 Å². The van der Waals surface area contributed by atoms with Gasteiger partial charge in [-0.15, -0.1) is 0 Å². The van der Waals surface area contributed by atoms with E-state index in [0.717, 1.165) is 0 Å². The van der Waals surface area contributed by atoms with Gasteiger partial charge in [-0.05, 0) is 56.6 Å². The first-order chi connectivity index (χ1) is 15.9. The average molecular weight is 505 g/mol. The zero-order chi connectivity index (χ0) is 26.3. The van der Waals surface area contributed by atoms with E-state index in [9.17, 15) is 29.1 Å². The molecular formula is C21H40N6O6S. The van der Waals surface area contributed by atoms with Crippen molar-refractivity contribution in [3.05, 3.63) is 0 Å². The van der Waals surface area contributed by atoms with E-state index in [0.29, 0.717) is 25.1 Å². The highest BCUT2D eigenvalue weighted by molar-refractivity contribution is 7.98. The van der Waals surface area contributed by atoms with Crippen molar-refractivity contribution in [2.24, 2.45) is 23.1 Å². The van der Waals surface area contributed by atoms with Crippen molar-refractivity contribution in [3.8, 4) is 0 Å². The van der Waals surface area contributed by atoms with Gasteiger partial charge in [0.2, 0.25) is 23.6 Å². The van der Waals surface area contributed by atoms with Gasteiger partial charge in [0.1, 0.15) is 18.1 Å². The molecule has 0 aliphatic carbocycles. The number of carboxylic acids is 1. The molecule has 0 aromatic heterocycles. The first kappa shape index (κ1) is 31.6. The minimum Gasteiger partial charge on any atom is -0.480 e. The molecule has 13 heteroatoms. The molecule has 0 saturated heterocycles. The molecule has 0 bridgehead atoms. The summed E-state index contributed by atoms with van der Waals surface area (Å²) >= 11 is 1.47. The Labute approximate surface area is 204 Å². The van der Waals surface area contributed by atoms with E-state index >= 15 is 0 Å². The molecule has 0 aromatic carbocycles. The Hall–Kier alpha value is -2.38. The molecule has 0 aromatic rings. The number of nitrogens with two attached hydrogens (primary N) is 3. The SMILES string of the molecule is CSCCC(NC(=O)C(N)C(C)C)C(=O)NC(CCC(N)=O)C(=O)NC(CCCCN)C(=O)O. The van der Waals surface area contributed by atoms with E-state index in [1.807, 2.05) is 6.26 Å². The number of carboxylic acid groups (broad SMARTS) is 1. The third kappa shape index (κ3) is 12.8. The molecule has 196 valence electrons. The maximum atomic E-state index is 13.0. The fraction of sp³-hybridized carbons (Fsp3) is 0.762. The van der Waals surface area contributed by atoms with Crippen LogP contribution in [-0.2, 0) is 24.0 Å². The molecule has 0 radical (unpaired) electrons. The molecule has 0 spiro atoms. The number of thioether (sulfide) groups is 1. The number of hydrogen-bond acceptors (Lipinski definition) is 8. The van der Waals surface area contributed by atoms with Gasteiger partial charge in [-0.3, -0.25) is 19.2 Å². The standard InChI is InChI=1S/C21H40N6O6S/c1-12(2)17(24)20(31)26-14(9-11-34-3)19(30)25-13(7-8-16(23)28)18(29)27-15(21(32)33)6-4-5-10-22/h12-15,17H,4-11,22,24H2,1-3H3,(H2,23,28)(H,25,30)(H,26,31)(H,27,29)(H,32,33). The van der Waals surface area contributed by atoms with Gasteiger partial charge < -0.3 is 38.3 Å². The van der Waals surface area contributed by atoms with Crippen molar-refractivity contribution < 1.29 is 29.1 Å². The van der Waals surface area contributed by atoms with Gasteiger partial charge in [0.15, 0.2) is 0 Å². The maximum Gasteiger partial charge on any atom is 0.326 e. The molecule has 0 heterocycles. The number of amides is 4. The van der Waals surface area contributed by atoms with Gasteiger partial charge in [0.05, 0.1) is 6.04 Å². The Kier molecular flexibility index (Phi) is 15.9. The van der Waals surface area contributed by atoms with Crippen molar-refractivity contribution in [2.45, 2.75) is 76.5 Å². The van der Waals surface area contributed by atoms with E-state index in [1.54, 1.807) is 13.8 Å². The quantitative estimate of drug-likeness (QED) is 0.110. The highest BCUT2D eigenvalue weighted by Gasteiger charge is 2.30.